The molecule has 0 saturated carbocycles. The van der Waals surface area contributed by atoms with Crippen LogP contribution in [0.3, 0.4) is 0 Å². The van der Waals surface area contributed by atoms with E-state index in [0.717, 1.165) is 0 Å². The van der Waals surface area contributed by atoms with Gasteiger partial charge in [0.05, 0.1) is 12.5 Å². The molecule has 8 atom stereocenters. The van der Waals surface area contributed by atoms with Crippen LogP contribution in [0, 0.1) is 17.8 Å². The maximum absolute atomic E-state index is 14.1. The Kier molecular flexibility index (Phi) is 26.5. The van der Waals surface area contributed by atoms with Crippen molar-refractivity contribution < 1.29 is 58.5 Å². The number of phenolic OH excluding ortho intramolecular Hbond substituents is 1. The molecule has 1 aromatic rings. The van der Waals surface area contributed by atoms with Crippen LogP contribution in [0.5, 0.6) is 5.75 Å². The molecule has 7 amide bonds. The molecule has 1 aromatic carbocycles. The van der Waals surface area contributed by atoms with Crippen LogP contribution in [0.1, 0.15) is 99.0 Å². The number of phenols is 1. The molecule has 1 rings (SSSR count). The van der Waals surface area contributed by atoms with Gasteiger partial charge in [0.2, 0.25) is 41.4 Å². The zero-order valence-corrected chi connectivity index (χ0v) is 40.1. The second-order valence-electron chi connectivity index (χ2n) is 17.5. The number of carboxylic acid groups (broad SMARTS) is 2. The average Bonchev–Trinajstić information content (AvgIpc) is 3.22. The summed E-state index contributed by atoms with van der Waals surface area (Å²) in [4.78, 5) is 119. The highest BCUT2D eigenvalue weighted by Crippen LogP contribution is 2.14. The van der Waals surface area contributed by atoms with E-state index in [1.807, 2.05) is 6.26 Å². The van der Waals surface area contributed by atoms with E-state index in [1.165, 1.54) is 43.0 Å². The smallest absolute Gasteiger partial charge is 0.326 e. The van der Waals surface area contributed by atoms with E-state index in [1.54, 1.807) is 41.5 Å². The minimum Gasteiger partial charge on any atom is -0.508 e. The van der Waals surface area contributed by atoms with Crippen LogP contribution in [0.25, 0.3) is 0 Å². The largest absolute Gasteiger partial charge is 0.508 e. The number of carbonyl (C=O) groups is 9. The summed E-state index contributed by atoms with van der Waals surface area (Å²) in [5.41, 5.74) is 12.1. The molecule has 0 spiro atoms. The maximum Gasteiger partial charge on any atom is 0.326 e. The lowest BCUT2D eigenvalue weighted by Crippen LogP contribution is -2.60. The zero-order chi connectivity index (χ0) is 50.3. The van der Waals surface area contributed by atoms with E-state index < -0.39 is 114 Å². The Morgan fingerprint density at radius 3 is 1.62 bits per heavy atom. The van der Waals surface area contributed by atoms with Gasteiger partial charge in [-0.2, -0.15) is 11.8 Å². The lowest BCUT2D eigenvalue weighted by Gasteiger charge is -2.28. The van der Waals surface area contributed by atoms with E-state index in [-0.39, 0.29) is 49.8 Å². The van der Waals surface area contributed by atoms with Crippen LogP contribution < -0.4 is 48.7 Å². The first-order valence-corrected chi connectivity index (χ1v) is 23.6. The fourth-order valence-electron chi connectivity index (χ4n) is 6.54. The summed E-state index contributed by atoms with van der Waals surface area (Å²) in [7, 11) is 0. The molecule has 66 heavy (non-hydrogen) atoms. The topological polar surface area (TPSA) is 351 Å². The Hall–Kier alpha value is -5.48. The normalized spacial score (nSPS) is 14.9. The molecule has 21 nitrogen and oxygen atoms in total. The number of unbranched alkanes of at least 4 members (excludes halogenated alkanes) is 1. The highest BCUT2D eigenvalue weighted by Gasteiger charge is 2.35. The Bertz CT molecular complexity index is 1780. The van der Waals surface area contributed by atoms with Crippen molar-refractivity contribution in [2.75, 3.05) is 18.6 Å². The number of aliphatic carboxylic acids is 2. The number of nitrogens with two attached hydrogens (primary N) is 2. The molecule has 0 aromatic heterocycles. The molecule has 0 aliphatic heterocycles. The van der Waals surface area contributed by atoms with Crippen molar-refractivity contribution in [2.24, 2.45) is 29.2 Å². The number of hydrogen-bond donors (Lipinski definition) is 12. The monoisotopic (exact) mass is 952 g/mol. The number of carbonyl (C=O) groups excluding carboxylic acids is 7. The molecular formula is C44H73N9O12S. The fourth-order valence-corrected chi connectivity index (χ4v) is 7.03. The Balaban J connectivity index is 3.45. The van der Waals surface area contributed by atoms with Gasteiger partial charge >= 0.3 is 11.9 Å². The van der Waals surface area contributed by atoms with E-state index in [4.69, 9.17) is 11.5 Å². The summed E-state index contributed by atoms with van der Waals surface area (Å²) >= 11 is 1.51. The van der Waals surface area contributed by atoms with Gasteiger partial charge in [0.25, 0.3) is 0 Å². The molecule has 0 heterocycles. The number of amides is 7. The number of rotatable bonds is 31. The quantitative estimate of drug-likeness (QED) is 0.0431. The van der Waals surface area contributed by atoms with Crippen molar-refractivity contribution in [3.05, 3.63) is 29.8 Å². The van der Waals surface area contributed by atoms with Crippen LogP contribution in [0.4, 0.5) is 0 Å². The molecule has 0 saturated heterocycles. The van der Waals surface area contributed by atoms with Crippen molar-refractivity contribution in [3.8, 4) is 5.75 Å². The third-order valence-corrected chi connectivity index (χ3v) is 10.9. The van der Waals surface area contributed by atoms with Crippen LogP contribution in [-0.4, -0.2) is 135 Å². The first-order valence-electron chi connectivity index (χ1n) is 22.2. The Morgan fingerprint density at radius 1 is 0.591 bits per heavy atom. The number of nitrogens with one attached hydrogen (secondary N) is 7. The highest BCUT2D eigenvalue weighted by molar-refractivity contribution is 7.98. The van der Waals surface area contributed by atoms with Crippen LogP contribution >= 0.6 is 11.8 Å². The summed E-state index contributed by atoms with van der Waals surface area (Å²) < 4.78 is 0. The maximum atomic E-state index is 14.1. The van der Waals surface area contributed by atoms with E-state index in [9.17, 15) is 58.5 Å². The first kappa shape index (κ1) is 58.5. The first-order chi connectivity index (χ1) is 30.9. The zero-order valence-electron chi connectivity index (χ0n) is 39.3. The standard InChI is InChI=1S/C44H73N9O12S/c1-23(2)19-31(40(60)52-34(44(64)65)20-24(3)4)49-42(62)33(22-35(55)56)51-41(61)32(21-27-12-14-28(54)15-13-27)50-39(59)30(11-9-10-17-45)48-37(57)26(7)47-43(63)36(25(5)6)53-38(58)29(46)16-18-66-8/h12-15,23-26,29-34,36,54H,9-11,16-22,45-46H2,1-8H3,(H,47,63)(H,48,57)(H,49,62)(H,50,59)(H,51,61)(H,52,60)(H,53,58)(H,55,56)(H,64,65)/t26-,29-,30-,31-,32-,33-,34-,36-/m0/s1. The van der Waals surface area contributed by atoms with Crippen molar-refractivity contribution in [3.63, 3.8) is 0 Å². The van der Waals surface area contributed by atoms with Gasteiger partial charge in [-0.05, 0) is 99.5 Å². The number of carboxylic acids is 2. The molecule has 14 N–H and O–H groups in total. The van der Waals surface area contributed by atoms with Crippen molar-refractivity contribution in [1.82, 2.24) is 37.2 Å². The van der Waals surface area contributed by atoms with Gasteiger partial charge in [-0.25, -0.2) is 4.79 Å². The number of aromatic hydroxyl groups is 1. The third-order valence-electron chi connectivity index (χ3n) is 10.2. The predicted molar refractivity (Wildman–Crippen MR) is 249 cm³/mol. The summed E-state index contributed by atoms with van der Waals surface area (Å²) in [5.74, 6) is -8.69. The van der Waals surface area contributed by atoms with Gasteiger partial charge in [-0.3, -0.25) is 38.4 Å². The lowest BCUT2D eigenvalue weighted by molar-refractivity contribution is -0.143. The Morgan fingerprint density at radius 2 is 1.09 bits per heavy atom. The number of benzene rings is 1. The van der Waals surface area contributed by atoms with Gasteiger partial charge < -0.3 is 64.0 Å². The molecule has 22 heteroatoms. The lowest BCUT2D eigenvalue weighted by atomic mass is 10.00. The number of hydrogen-bond acceptors (Lipinski definition) is 13. The summed E-state index contributed by atoms with van der Waals surface area (Å²) in [6, 6.07) is -4.70. The molecule has 0 fully saturated rings. The van der Waals surface area contributed by atoms with Crippen LogP contribution in [0.15, 0.2) is 24.3 Å². The van der Waals surface area contributed by atoms with Gasteiger partial charge in [0.15, 0.2) is 0 Å². The molecule has 0 aliphatic rings. The SMILES string of the molecule is CSCC[C@H](N)C(=O)N[C@H](C(=O)N[C@@H](C)C(=O)N[C@@H](CCCCN)C(=O)N[C@@H](Cc1ccc(O)cc1)C(=O)N[C@@H](CC(=O)O)C(=O)N[C@@H](CC(C)C)C(=O)N[C@@H](CC(C)C)C(=O)O)C(C)C. The van der Waals surface area contributed by atoms with Crippen molar-refractivity contribution in [1.29, 1.82) is 0 Å². The molecule has 0 bridgehead atoms. The van der Waals surface area contributed by atoms with Crippen LogP contribution in [0.2, 0.25) is 0 Å². The Labute approximate surface area is 391 Å². The summed E-state index contributed by atoms with van der Waals surface area (Å²) in [6.45, 7) is 12.1. The molecule has 0 unspecified atom stereocenters. The summed E-state index contributed by atoms with van der Waals surface area (Å²) in [5, 5.41) is 47.1. The predicted octanol–water partition coefficient (Wildman–Crippen LogP) is -0.135. The van der Waals surface area contributed by atoms with Gasteiger partial charge in [-0.15, -0.1) is 0 Å². The average molecular weight is 952 g/mol. The van der Waals surface area contributed by atoms with Gasteiger partial charge in [0.1, 0.15) is 48.0 Å². The molecule has 372 valence electrons. The van der Waals surface area contributed by atoms with Crippen molar-refractivity contribution in [2.45, 2.75) is 148 Å². The van der Waals surface area contributed by atoms with E-state index in [2.05, 4.69) is 37.2 Å². The van der Waals surface area contributed by atoms with Gasteiger partial charge in [0, 0.05) is 6.42 Å². The molecule has 0 aliphatic carbocycles. The van der Waals surface area contributed by atoms with Gasteiger partial charge in [-0.1, -0.05) is 53.7 Å². The molecular weight excluding hydrogens is 879 g/mol. The van der Waals surface area contributed by atoms with E-state index in [0.29, 0.717) is 30.6 Å². The molecule has 0 radical (unpaired) electrons. The second-order valence-corrected chi connectivity index (χ2v) is 18.5. The third kappa shape index (κ3) is 22.1. The second kappa shape index (κ2) is 29.9. The fraction of sp³-hybridized carbons (Fsp3) is 0.659. The minimum atomic E-state index is -1.79. The number of thioether (sulfide) groups is 1. The summed E-state index contributed by atoms with van der Waals surface area (Å²) in [6.07, 6.45) is 2.01. The minimum absolute atomic E-state index is 0.0283. The van der Waals surface area contributed by atoms with E-state index >= 15 is 0 Å². The van der Waals surface area contributed by atoms with Crippen molar-refractivity contribution >= 4 is 65.1 Å². The van der Waals surface area contributed by atoms with Crippen LogP contribution in [-0.2, 0) is 49.6 Å². The highest BCUT2D eigenvalue weighted by atomic mass is 32.2.